The van der Waals surface area contributed by atoms with Crippen molar-refractivity contribution in [3.63, 3.8) is 0 Å². The van der Waals surface area contributed by atoms with Gasteiger partial charge in [0.05, 0.1) is 0 Å². The molecule has 0 aliphatic carbocycles. The van der Waals surface area contributed by atoms with Crippen LogP contribution in [0, 0.1) is 7.43 Å². The number of phenolic OH excluding ortho intramolecular Hbond substituents is 3. The highest BCUT2D eigenvalue weighted by molar-refractivity contribution is 7.32. The predicted molar refractivity (Wildman–Crippen MR) is 402 cm³/mol. The van der Waals surface area contributed by atoms with Gasteiger partial charge in [-0.15, -0.1) is 0 Å². The van der Waals surface area contributed by atoms with Crippen LogP contribution in [-0.4, -0.2) is 15.3 Å². The van der Waals surface area contributed by atoms with E-state index < -0.39 is 8.24 Å². The molecule has 6 aromatic carbocycles. The van der Waals surface area contributed by atoms with Gasteiger partial charge in [0.1, 0.15) is 34.2 Å². The van der Waals surface area contributed by atoms with Gasteiger partial charge >= 0.3 is 8.24 Å². The lowest BCUT2D eigenvalue weighted by Crippen LogP contribution is -2.19. The van der Waals surface area contributed by atoms with E-state index in [9.17, 15) is 15.3 Å². The average Bonchev–Trinajstić information content (AvgIpc) is 1.24. The largest absolute Gasteiger partial charge is 0.507 e. The highest BCUT2D eigenvalue weighted by atomic mass is 31.1. The Morgan fingerprint density at radius 1 is 0.250 bits per heavy atom. The lowest BCUT2D eigenvalue weighted by molar-refractivity contribution is 0.438. The third-order valence-corrected chi connectivity index (χ3v) is 19.0. The third-order valence-electron chi connectivity index (χ3n) is 18.0. The first-order valence-electron chi connectivity index (χ1n) is 33.5. The van der Waals surface area contributed by atoms with Crippen LogP contribution >= 0.6 is 8.24 Å². The molecule has 6 nitrogen and oxygen atoms in total. The fourth-order valence-corrected chi connectivity index (χ4v) is 12.7. The molecule has 0 aliphatic rings. The van der Waals surface area contributed by atoms with Crippen LogP contribution in [0.2, 0.25) is 0 Å². The summed E-state index contributed by atoms with van der Waals surface area (Å²) in [5.74, 6) is 1.47. The van der Waals surface area contributed by atoms with E-state index >= 15 is 0 Å². The lowest BCUT2D eigenvalue weighted by atomic mass is 9.75. The monoisotopic (exact) mass is 1270 g/mol. The van der Waals surface area contributed by atoms with Gasteiger partial charge in [0.2, 0.25) is 0 Å². The van der Waals surface area contributed by atoms with Gasteiger partial charge in [-0.1, -0.05) is 286 Å². The summed E-state index contributed by atoms with van der Waals surface area (Å²) >= 11 is 0. The van der Waals surface area contributed by atoms with Crippen molar-refractivity contribution in [2.24, 2.45) is 0 Å². The zero-order chi connectivity index (χ0) is 70.0. The van der Waals surface area contributed by atoms with Crippen LogP contribution < -0.4 is 4.52 Å². The molecule has 0 aliphatic heterocycles. The second kappa shape index (κ2) is 24.9. The number of aromatic hydroxyl groups is 3. The normalized spacial score (nSPS) is 13.7. The van der Waals surface area contributed by atoms with Gasteiger partial charge in [-0.05, 0) is 135 Å². The van der Waals surface area contributed by atoms with Crippen molar-refractivity contribution in [3.05, 3.63) is 147 Å². The van der Waals surface area contributed by atoms with Crippen LogP contribution in [0.1, 0.15) is 316 Å². The molecule has 0 radical (unpaired) electrons. The Morgan fingerprint density at radius 3 is 0.674 bits per heavy atom. The van der Waals surface area contributed by atoms with Crippen molar-refractivity contribution in [1.29, 1.82) is 0 Å². The quantitative estimate of drug-likeness (QED) is 0.152. The van der Waals surface area contributed by atoms with Crippen molar-refractivity contribution < 1.29 is 28.2 Å². The second-order valence-corrected chi connectivity index (χ2v) is 40.0. The molecule has 508 valence electrons. The summed E-state index contributed by atoms with van der Waals surface area (Å²) in [5, 5.41) is 37.3. The fourth-order valence-electron chi connectivity index (χ4n) is 11.6. The average molecular weight is 1270 g/mol. The maximum absolute atomic E-state index is 12.5. The van der Waals surface area contributed by atoms with E-state index in [4.69, 9.17) is 12.9 Å². The summed E-state index contributed by atoms with van der Waals surface area (Å²) in [6.45, 7) is 79.7. The van der Waals surface area contributed by atoms with Gasteiger partial charge < -0.3 is 35.7 Å². The molecule has 1 heterocycles. The molecule has 0 saturated heterocycles. The SMILES string of the molecule is CC(C)(C)c1cc(-c2cc(C(C)(C)C)cc(C(C)(C)C)c2O)c(O)c(C(C)(C)C)c1.CC(C)(C)c1cc(-c2cc(C(C)(C)C)cc(C(C)(C)C)c2Op2oc3c(C(C)(C)C)cc(C(C)(C)C)cc3c3cc(C(C)(C)C)cc(C(C)(C)C)c3o2)c(O)c(C(C)(C)C)c1.[CH3-]. The minimum absolute atomic E-state index is 0. The van der Waals surface area contributed by atoms with Gasteiger partial charge in [-0.25, -0.2) is 0 Å². The maximum Gasteiger partial charge on any atom is 0.453 e. The van der Waals surface area contributed by atoms with Gasteiger partial charge in [0, 0.05) is 66.4 Å². The third kappa shape index (κ3) is 16.9. The smallest absolute Gasteiger partial charge is 0.453 e. The summed E-state index contributed by atoms with van der Waals surface area (Å²) < 4.78 is 22.2. The first-order valence-corrected chi connectivity index (χ1v) is 34.6. The van der Waals surface area contributed by atoms with Crippen molar-refractivity contribution in [3.8, 4) is 45.3 Å². The van der Waals surface area contributed by atoms with Gasteiger partial charge in [-0.2, -0.15) is 0 Å². The predicted octanol–water partition coefficient (Wildman–Crippen LogP) is 26.3. The summed E-state index contributed by atoms with van der Waals surface area (Å²) in [6.07, 6.45) is 0. The molecule has 0 bridgehead atoms. The summed E-state index contributed by atoms with van der Waals surface area (Å²) in [6, 6.07) is 26.6. The number of rotatable bonds is 4. The molecule has 1 aromatic heterocycles. The molecule has 7 aromatic rings. The number of fused-ring (bicyclic) bond motifs is 3. The summed E-state index contributed by atoms with van der Waals surface area (Å²) in [4.78, 5) is 0. The molecule has 0 unspecified atom stereocenters. The van der Waals surface area contributed by atoms with Gasteiger partial charge in [-0.3, -0.25) is 0 Å². The van der Waals surface area contributed by atoms with E-state index in [0.29, 0.717) is 16.9 Å². The molecular formula is C85H126O6P-. The topological polar surface area (TPSA) is 96.2 Å². The zero-order valence-corrected chi connectivity index (χ0v) is 65.8. The first-order chi connectivity index (χ1) is 40.4. The van der Waals surface area contributed by atoms with E-state index in [1.165, 1.54) is 16.7 Å². The Balaban J connectivity index is 0.000000415. The van der Waals surface area contributed by atoms with Crippen LogP contribution in [0.25, 0.3) is 44.2 Å². The van der Waals surface area contributed by atoms with Crippen molar-refractivity contribution in [1.82, 2.24) is 0 Å². The Bertz CT molecular complexity index is 3730. The Kier molecular flexibility index (Phi) is 20.9. The van der Waals surface area contributed by atoms with E-state index in [0.717, 1.165) is 83.1 Å². The highest BCUT2D eigenvalue weighted by Gasteiger charge is 2.36. The Labute approximate surface area is 561 Å². The Hall–Kier alpha value is -5.58. The van der Waals surface area contributed by atoms with E-state index in [1.807, 2.05) is 0 Å². The highest BCUT2D eigenvalue weighted by Crippen LogP contribution is 2.54. The first kappa shape index (κ1) is 77.1. The molecular weight excluding hydrogens is 1150 g/mol. The minimum Gasteiger partial charge on any atom is -0.507 e. The molecule has 7 heteroatoms. The molecule has 0 spiro atoms. The molecule has 0 fully saturated rings. The Morgan fingerprint density at radius 2 is 0.446 bits per heavy atom. The number of benzene rings is 6. The van der Waals surface area contributed by atoms with Crippen molar-refractivity contribution >= 4 is 30.2 Å². The standard InChI is InChI=1S/C56H81O4P.C28H42O2.CH3/c1-49(2,3)33-25-37(45(57)41(29-33)53(13,14)15)38-26-34(50(4,5)6)30-42(54(16,17)18)46(38)58-61-59-47-39(27-35(51(7,8)9)31-43(47)55(19,20)21)40-28-36(52(10,11)12)32-44(48(40)60-61)56(22,23)24;1-25(2,3)17-13-19(23(29)21(15-17)27(7,8)9)20-14-18(26(4,5)6)16-22(24(20)30)28(10,11)12;/h25-32,57H,1-24H3;13-16,29-30H,1-12H3;1H3/q;;-1. The molecule has 7 rings (SSSR count). The van der Waals surface area contributed by atoms with E-state index in [2.05, 4.69) is 322 Å². The van der Waals surface area contributed by atoms with Crippen LogP contribution in [0.15, 0.2) is 81.2 Å². The zero-order valence-electron chi connectivity index (χ0n) is 64.9. The number of hydrogen-bond acceptors (Lipinski definition) is 6. The minimum atomic E-state index is -2.11. The molecule has 0 amide bonds. The molecule has 0 saturated carbocycles. The van der Waals surface area contributed by atoms with Gasteiger partial charge in [0.25, 0.3) is 0 Å². The number of phenols is 3. The van der Waals surface area contributed by atoms with Crippen LogP contribution in [0.5, 0.6) is 23.0 Å². The lowest BCUT2D eigenvalue weighted by Gasteiger charge is -2.31. The molecule has 92 heavy (non-hydrogen) atoms. The number of hydrogen-bond donors (Lipinski definition) is 3. The maximum atomic E-state index is 12.5. The van der Waals surface area contributed by atoms with Gasteiger partial charge in [0.15, 0.2) is 0 Å². The summed E-state index contributed by atoms with van der Waals surface area (Å²) in [5.41, 5.74) is 15.4. The second-order valence-electron chi connectivity index (χ2n) is 39.0. The van der Waals surface area contributed by atoms with Crippen LogP contribution in [0.4, 0.5) is 0 Å². The van der Waals surface area contributed by atoms with Crippen molar-refractivity contribution in [2.75, 3.05) is 0 Å². The van der Waals surface area contributed by atoms with Crippen LogP contribution in [-0.2, 0) is 65.0 Å². The van der Waals surface area contributed by atoms with E-state index in [1.54, 1.807) is 0 Å². The van der Waals surface area contributed by atoms with E-state index in [-0.39, 0.29) is 89.7 Å². The fraction of sp³-hybridized carbons (Fsp3) is 0.565. The summed E-state index contributed by atoms with van der Waals surface area (Å²) in [7, 11) is -2.11. The van der Waals surface area contributed by atoms with Crippen LogP contribution in [0.3, 0.4) is 0 Å². The molecule has 0 atom stereocenters. The van der Waals surface area contributed by atoms with Crippen molar-refractivity contribution in [2.45, 2.75) is 314 Å². The molecule has 3 N–H and O–H groups in total.